The minimum atomic E-state index is 0.00368. The highest BCUT2D eigenvalue weighted by molar-refractivity contribution is 7.99. The summed E-state index contributed by atoms with van der Waals surface area (Å²) >= 11 is 1.70. The molecule has 3 heteroatoms. The lowest BCUT2D eigenvalue weighted by Crippen LogP contribution is -2.28. The van der Waals surface area contributed by atoms with E-state index in [-0.39, 0.29) is 11.9 Å². The first-order chi connectivity index (χ1) is 10.7. The Labute approximate surface area is 137 Å². The number of nitrogens with one attached hydrogen (secondary N) is 1. The summed E-state index contributed by atoms with van der Waals surface area (Å²) in [5, 5.41) is 3.17. The molecule has 0 heterocycles. The number of carbonyl (C=O) groups is 1. The average Bonchev–Trinajstić information content (AvgIpc) is 2.54. The van der Waals surface area contributed by atoms with E-state index in [2.05, 4.69) is 50.4 Å². The molecule has 2 rings (SSSR count). The van der Waals surface area contributed by atoms with Gasteiger partial charge in [0.25, 0.3) is 5.91 Å². The van der Waals surface area contributed by atoms with Crippen LogP contribution in [0.5, 0.6) is 0 Å². The first kappa shape index (κ1) is 16.6. The highest BCUT2D eigenvalue weighted by atomic mass is 32.2. The van der Waals surface area contributed by atoms with Gasteiger partial charge < -0.3 is 5.32 Å². The minimum absolute atomic E-state index is 0.00368. The van der Waals surface area contributed by atoms with Crippen LogP contribution < -0.4 is 5.32 Å². The summed E-state index contributed by atoms with van der Waals surface area (Å²) in [6, 6.07) is 16.2. The van der Waals surface area contributed by atoms with Gasteiger partial charge in [0.2, 0.25) is 0 Å². The van der Waals surface area contributed by atoms with Crippen molar-refractivity contribution in [1.82, 2.24) is 5.32 Å². The number of hydrogen-bond acceptors (Lipinski definition) is 2. The normalized spacial score (nSPS) is 12.0. The topological polar surface area (TPSA) is 29.1 Å². The van der Waals surface area contributed by atoms with Crippen molar-refractivity contribution in [2.24, 2.45) is 0 Å². The van der Waals surface area contributed by atoms with Gasteiger partial charge in [-0.05, 0) is 36.8 Å². The van der Waals surface area contributed by atoms with Crippen LogP contribution in [0, 0.1) is 6.92 Å². The summed E-state index contributed by atoms with van der Waals surface area (Å²) in [5.41, 5.74) is 3.15. The predicted octanol–water partition coefficient (Wildman–Crippen LogP) is 4.99. The Bertz CT molecular complexity index is 622. The molecule has 0 saturated carbocycles. The third-order valence-electron chi connectivity index (χ3n) is 3.62. The largest absolute Gasteiger partial charge is 0.345 e. The molecule has 0 saturated heterocycles. The van der Waals surface area contributed by atoms with Crippen LogP contribution in [0.4, 0.5) is 0 Å². The van der Waals surface area contributed by atoms with Crippen LogP contribution in [0.25, 0.3) is 0 Å². The fraction of sp³-hybridized carbons (Fsp3) is 0.316. The number of carbonyl (C=O) groups excluding carboxylic acids is 1. The molecule has 0 unspecified atom stereocenters. The molecule has 0 fully saturated rings. The summed E-state index contributed by atoms with van der Waals surface area (Å²) in [7, 11) is 0. The molecular formula is C19H23NOS. The van der Waals surface area contributed by atoms with E-state index in [1.807, 2.05) is 24.3 Å². The number of benzene rings is 2. The van der Waals surface area contributed by atoms with Crippen molar-refractivity contribution < 1.29 is 4.79 Å². The molecule has 1 amide bonds. The number of hydrogen-bond donors (Lipinski definition) is 1. The Balaban J connectivity index is 2.17. The van der Waals surface area contributed by atoms with E-state index in [9.17, 15) is 4.79 Å². The molecule has 0 aromatic heterocycles. The van der Waals surface area contributed by atoms with Crippen molar-refractivity contribution in [3.8, 4) is 0 Å². The molecule has 1 N–H and O–H groups in total. The summed E-state index contributed by atoms with van der Waals surface area (Å²) in [6.45, 7) is 6.26. The van der Waals surface area contributed by atoms with E-state index in [1.54, 1.807) is 11.8 Å². The monoisotopic (exact) mass is 313 g/mol. The van der Waals surface area contributed by atoms with Crippen molar-refractivity contribution in [2.45, 2.75) is 38.1 Å². The lowest BCUT2D eigenvalue weighted by atomic mass is 10.0. The van der Waals surface area contributed by atoms with Crippen LogP contribution in [0.3, 0.4) is 0 Å². The average molecular weight is 313 g/mol. The van der Waals surface area contributed by atoms with Crippen LogP contribution in [0.2, 0.25) is 0 Å². The van der Waals surface area contributed by atoms with E-state index < -0.39 is 0 Å². The molecule has 22 heavy (non-hydrogen) atoms. The van der Waals surface area contributed by atoms with Crippen LogP contribution in [-0.4, -0.2) is 11.7 Å². The maximum atomic E-state index is 12.6. The van der Waals surface area contributed by atoms with Gasteiger partial charge in [0.05, 0.1) is 11.6 Å². The van der Waals surface area contributed by atoms with Crippen molar-refractivity contribution >= 4 is 17.7 Å². The molecule has 0 spiro atoms. The van der Waals surface area contributed by atoms with Crippen molar-refractivity contribution in [3.05, 3.63) is 65.2 Å². The molecule has 0 bridgehead atoms. The first-order valence-corrected chi connectivity index (χ1v) is 8.73. The Kier molecular flexibility index (Phi) is 6.08. The second kappa shape index (κ2) is 8.04. The van der Waals surface area contributed by atoms with Crippen LogP contribution in [-0.2, 0) is 0 Å². The van der Waals surface area contributed by atoms with Gasteiger partial charge >= 0.3 is 0 Å². The SMILES string of the molecule is CCSc1ccccc1C(=O)N[C@H](CC)c1ccc(C)cc1. The highest BCUT2D eigenvalue weighted by Crippen LogP contribution is 2.24. The molecule has 0 radical (unpaired) electrons. The number of amides is 1. The standard InChI is InChI=1S/C19H23NOS/c1-4-17(15-12-10-14(3)11-13-15)20-19(21)16-8-6-7-9-18(16)22-5-2/h6-13,17H,4-5H2,1-3H3,(H,20,21)/t17-/m1/s1. The van der Waals surface area contributed by atoms with Crippen LogP contribution in [0.15, 0.2) is 53.4 Å². The van der Waals surface area contributed by atoms with Gasteiger partial charge in [0.1, 0.15) is 0 Å². The van der Waals surface area contributed by atoms with Crippen LogP contribution in [0.1, 0.15) is 47.8 Å². The summed E-state index contributed by atoms with van der Waals surface area (Å²) in [6.07, 6.45) is 0.873. The van der Waals surface area contributed by atoms with Gasteiger partial charge in [0, 0.05) is 4.90 Å². The lowest BCUT2D eigenvalue weighted by molar-refractivity contribution is 0.0932. The Hall–Kier alpha value is -1.74. The Morgan fingerprint density at radius 2 is 1.77 bits per heavy atom. The molecule has 0 aliphatic carbocycles. The zero-order chi connectivity index (χ0) is 15.9. The van der Waals surface area contributed by atoms with E-state index in [0.717, 1.165) is 28.2 Å². The van der Waals surface area contributed by atoms with Gasteiger partial charge in [-0.1, -0.05) is 55.8 Å². The Morgan fingerprint density at radius 1 is 1.09 bits per heavy atom. The molecule has 0 aliphatic heterocycles. The summed E-state index contributed by atoms with van der Waals surface area (Å²) in [4.78, 5) is 13.7. The van der Waals surface area contributed by atoms with Gasteiger partial charge in [-0.3, -0.25) is 4.79 Å². The maximum absolute atomic E-state index is 12.6. The Morgan fingerprint density at radius 3 is 2.41 bits per heavy atom. The predicted molar refractivity (Wildman–Crippen MR) is 94.5 cm³/mol. The van der Waals surface area contributed by atoms with Crippen molar-refractivity contribution in [3.63, 3.8) is 0 Å². The molecule has 1 atom stereocenters. The smallest absolute Gasteiger partial charge is 0.252 e. The quantitative estimate of drug-likeness (QED) is 0.761. The first-order valence-electron chi connectivity index (χ1n) is 7.75. The number of thioether (sulfide) groups is 1. The zero-order valence-electron chi connectivity index (χ0n) is 13.4. The van der Waals surface area contributed by atoms with Gasteiger partial charge in [0.15, 0.2) is 0 Å². The number of aryl methyl sites for hydroxylation is 1. The summed E-state index contributed by atoms with van der Waals surface area (Å²) < 4.78 is 0. The van der Waals surface area contributed by atoms with E-state index in [1.165, 1.54) is 5.56 Å². The second-order valence-corrected chi connectivity index (χ2v) is 6.58. The fourth-order valence-corrected chi connectivity index (χ4v) is 3.19. The van der Waals surface area contributed by atoms with E-state index >= 15 is 0 Å². The van der Waals surface area contributed by atoms with Gasteiger partial charge in [-0.15, -0.1) is 11.8 Å². The zero-order valence-corrected chi connectivity index (χ0v) is 14.2. The minimum Gasteiger partial charge on any atom is -0.345 e. The molecule has 116 valence electrons. The van der Waals surface area contributed by atoms with Crippen molar-refractivity contribution in [1.29, 1.82) is 0 Å². The molecule has 2 aromatic carbocycles. The van der Waals surface area contributed by atoms with Gasteiger partial charge in [-0.2, -0.15) is 0 Å². The van der Waals surface area contributed by atoms with E-state index in [0.29, 0.717) is 0 Å². The molecular weight excluding hydrogens is 290 g/mol. The van der Waals surface area contributed by atoms with Crippen LogP contribution >= 0.6 is 11.8 Å². The maximum Gasteiger partial charge on any atom is 0.252 e. The molecule has 0 aliphatic rings. The van der Waals surface area contributed by atoms with Crippen molar-refractivity contribution in [2.75, 3.05) is 5.75 Å². The fourth-order valence-electron chi connectivity index (χ4n) is 2.39. The van der Waals surface area contributed by atoms with E-state index in [4.69, 9.17) is 0 Å². The summed E-state index contributed by atoms with van der Waals surface area (Å²) in [5.74, 6) is 0.961. The third kappa shape index (κ3) is 4.14. The molecule has 2 nitrogen and oxygen atoms in total. The third-order valence-corrected chi connectivity index (χ3v) is 4.58. The van der Waals surface area contributed by atoms with Gasteiger partial charge in [-0.25, -0.2) is 0 Å². The second-order valence-electron chi connectivity index (χ2n) is 5.27. The number of rotatable bonds is 6. The highest BCUT2D eigenvalue weighted by Gasteiger charge is 2.16. The molecule has 2 aromatic rings. The lowest BCUT2D eigenvalue weighted by Gasteiger charge is -2.18.